The average molecular weight is 452 g/mol. The first-order chi connectivity index (χ1) is 14.3. The Balaban J connectivity index is 1.66. The SMILES string of the molecule is CN1CCc2ccc(NC(=O)C(CC(=O)O)NC(=O)Oc3ccc(Cl)s3)cc2CC1. The molecule has 0 saturated carbocycles. The summed E-state index contributed by atoms with van der Waals surface area (Å²) in [6, 6.07) is 7.43. The van der Waals surface area contributed by atoms with Crippen LogP contribution in [0.25, 0.3) is 0 Å². The molecule has 30 heavy (non-hydrogen) atoms. The normalized spacial score (nSPS) is 14.9. The van der Waals surface area contributed by atoms with Crippen molar-refractivity contribution in [3.8, 4) is 5.06 Å². The number of hydrogen-bond donors (Lipinski definition) is 3. The highest BCUT2D eigenvalue weighted by atomic mass is 35.5. The number of fused-ring (bicyclic) bond motifs is 1. The van der Waals surface area contributed by atoms with Crippen LogP contribution in [0.2, 0.25) is 4.34 Å². The molecule has 0 aliphatic carbocycles. The molecule has 0 bridgehead atoms. The molecule has 0 spiro atoms. The van der Waals surface area contributed by atoms with Crippen molar-refractivity contribution in [3.63, 3.8) is 0 Å². The molecule has 1 aromatic heterocycles. The second-order valence-electron chi connectivity index (χ2n) is 7.02. The topological polar surface area (TPSA) is 108 Å². The minimum absolute atomic E-state index is 0.239. The lowest BCUT2D eigenvalue weighted by atomic mass is 10.0. The van der Waals surface area contributed by atoms with Crippen LogP contribution in [0.3, 0.4) is 0 Å². The zero-order valence-electron chi connectivity index (χ0n) is 16.3. The Morgan fingerprint density at radius 3 is 2.60 bits per heavy atom. The van der Waals surface area contributed by atoms with Crippen molar-refractivity contribution in [2.24, 2.45) is 0 Å². The molecule has 2 amide bonds. The van der Waals surface area contributed by atoms with Gasteiger partial charge in [-0.2, -0.15) is 0 Å². The second-order valence-corrected chi connectivity index (χ2v) is 8.70. The van der Waals surface area contributed by atoms with E-state index in [4.69, 9.17) is 21.4 Å². The van der Waals surface area contributed by atoms with Crippen molar-refractivity contribution < 1.29 is 24.2 Å². The number of anilines is 1. The van der Waals surface area contributed by atoms with Crippen molar-refractivity contribution in [1.82, 2.24) is 10.2 Å². The Kier molecular flexibility index (Phi) is 7.30. The van der Waals surface area contributed by atoms with Crippen molar-refractivity contribution in [1.29, 1.82) is 0 Å². The summed E-state index contributed by atoms with van der Waals surface area (Å²) < 4.78 is 5.49. The largest absolute Gasteiger partial charge is 0.481 e. The van der Waals surface area contributed by atoms with Crippen LogP contribution >= 0.6 is 22.9 Å². The summed E-state index contributed by atoms with van der Waals surface area (Å²) in [6.45, 7) is 1.90. The van der Waals surface area contributed by atoms with Crippen LogP contribution in [0.4, 0.5) is 10.5 Å². The third-order valence-corrected chi connectivity index (χ3v) is 5.84. The highest BCUT2D eigenvalue weighted by Gasteiger charge is 2.25. The van der Waals surface area contributed by atoms with Crippen molar-refractivity contribution in [2.75, 3.05) is 25.5 Å². The number of carbonyl (C=O) groups excluding carboxylic acids is 2. The maximum Gasteiger partial charge on any atom is 0.414 e. The number of aliphatic carboxylic acids is 1. The van der Waals surface area contributed by atoms with E-state index in [1.165, 1.54) is 11.6 Å². The Morgan fingerprint density at radius 1 is 1.20 bits per heavy atom. The van der Waals surface area contributed by atoms with Gasteiger partial charge in [0.05, 0.1) is 10.8 Å². The van der Waals surface area contributed by atoms with Gasteiger partial charge in [0.25, 0.3) is 0 Å². The third kappa shape index (κ3) is 6.19. The number of rotatable bonds is 6. The van der Waals surface area contributed by atoms with Gasteiger partial charge in [-0.05, 0) is 55.3 Å². The molecule has 0 saturated heterocycles. The predicted molar refractivity (Wildman–Crippen MR) is 115 cm³/mol. The standard InChI is InChI=1S/C20H22ClN3O5S/c1-24-8-6-12-2-3-14(10-13(12)7-9-24)22-19(27)15(11-17(25)26)23-20(28)29-18-5-4-16(21)30-18/h2-5,10,15H,6-9,11H2,1H3,(H,22,27)(H,23,28)(H,25,26). The summed E-state index contributed by atoms with van der Waals surface area (Å²) >= 11 is 6.84. The van der Waals surface area contributed by atoms with Crippen molar-refractivity contribution in [3.05, 3.63) is 45.8 Å². The van der Waals surface area contributed by atoms with Crippen LogP contribution in [-0.4, -0.2) is 54.2 Å². The second kappa shape index (κ2) is 9.92. The van der Waals surface area contributed by atoms with Gasteiger partial charge in [0.2, 0.25) is 5.91 Å². The van der Waals surface area contributed by atoms with E-state index < -0.39 is 30.4 Å². The van der Waals surface area contributed by atoms with Gasteiger partial charge >= 0.3 is 12.1 Å². The van der Waals surface area contributed by atoms with Gasteiger partial charge in [-0.1, -0.05) is 29.0 Å². The van der Waals surface area contributed by atoms with Gasteiger partial charge in [0.1, 0.15) is 6.04 Å². The van der Waals surface area contributed by atoms with E-state index >= 15 is 0 Å². The number of carboxylic acid groups (broad SMARTS) is 1. The molecule has 0 fully saturated rings. The summed E-state index contributed by atoms with van der Waals surface area (Å²) in [7, 11) is 2.07. The van der Waals surface area contributed by atoms with Crippen molar-refractivity contribution >= 4 is 46.6 Å². The average Bonchev–Trinajstić information content (AvgIpc) is 2.99. The number of carboxylic acids is 1. The molecule has 10 heteroatoms. The Morgan fingerprint density at radius 2 is 1.93 bits per heavy atom. The fraction of sp³-hybridized carbons (Fsp3) is 0.350. The molecule has 160 valence electrons. The number of ether oxygens (including phenoxy) is 1. The predicted octanol–water partition coefficient (Wildman–Crippen LogP) is 3.00. The summed E-state index contributed by atoms with van der Waals surface area (Å²) in [6.07, 6.45) is 0.283. The number of halogens is 1. The summed E-state index contributed by atoms with van der Waals surface area (Å²) in [4.78, 5) is 38.2. The molecule has 3 N–H and O–H groups in total. The van der Waals surface area contributed by atoms with E-state index in [-0.39, 0.29) is 5.06 Å². The molecule has 1 unspecified atom stereocenters. The first-order valence-corrected chi connectivity index (χ1v) is 10.6. The molecule has 1 aliphatic rings. The monoisotopic (exact) mass is 451 g/mol. The Labute approximate surface area is 182 Å². The summed E-state index contributed by atoms with van der Waals surface area (Å²) in [5.74, 6) is -1.86. The fourth-order valence-corrected chi connectivity index (χ4v) is 4.02. The number of benzene rings is 1. The van der Waals surface area contributed by atoms with E-state index in [0.29, 0.717) is 10.0 Å². The Bertz CT molecular complexity index is 948. The van der Waals surface area contributed by atoms with Crippen molar-refractivity contribution in [2.45, 2.75) is 25.3 Å². The van der Waals surface area contributed by atoms with E-state index in [1.807, 2.05) is 12.1 Å². The summed E-state index contributed by atoms with van der Waals surface area (Å²) in [5, 5.41) is 14.4. The Hall–Kier alpha value is -2.62. The first-order valence-electron chi connectivity index (χ1n) is 9.37. The number of thiophene rings is 1. The quantitative estimate of drug-likeness (QED) is 0.623. The van der Waals surface area contributed by atoms with E-state index in [2.05, 4.69) is 22.6 Å². The molecule has 0 radical (unpaired) electrons. The third-order valence-electron chi connectivity index (χ3n) is 4.73. The molecular formula is C20H22ClN3O5S. The van der Waals surface area contributed by atoms with Crippen LogP contribution in [0.1, 0.15) is 17.5 Å². The zero-order chi connectivity index (χ0) is 21.7. The minimum atomic E-state index is -1.30. The number of nitrogens with one attached hydrogen (secondary N) is 2. The lowest BCUT2D eigenvalue weighted by molar-refractivity contribution is -0.139. The summed E-state index contributed by atoms with van der Waals surface area (Å²) in [5.41, 5.74) is 2.93. The van der Waals surface area contributed by atoms with Crippen LogP contribution in [-0.2, 0) is 22.4 Å². The van der Waals surface area contributed by atoms with Gasteiger partial charge in [-0.3, -0.25) is 9.59 Å². The van der Waals surface area contributed by atoms with E-state index in [0.717, 1.165) is 42.8 Å². The minimum Gasteiger partial charge on any atom is -0.481 e. The molecule has 1 atom stereocenters. The van der Waals surface area contributed by atoms with Crippen LogP contribution < -0.4 is 15.4 Å². The van der Waals surface area contributed by atoms with Crippen LogP contribution in [0, 0.1) is 0 Å². The van der Waals surface area contributed by atoms with Crippen LogP contribution in [0.15, 0.2) is 30.3 Å². The van der Waals surface area contributed by atoms with Crippen LogP contribution in [0.5, 0.6) is 5.06 Å². The first kappa shape index (κ1) is 22.1. The van der Waals surface area contributed by atoms with Gasteiger partial charge < -0.3 is 25.4 Å². The number of carbonyl (C=O) groups is 3. The van der Waals surface area contributed by atoms with E-state index in [9.17, 15) is 14.4 Å². The van der Waals surface area contributed by atoms with Gasteiger partial charge in [-0.15, -0.1) is 0 Å². The van der Waals surface area contributed by atoms with Gasteiger partial charge in [-0.25, -0.2) is 4.79 Å². The maximum absolute atomic E-state index is 12.7. The van der Waals surface area contributed by atoms with Gasteiger partial charge in [0.15, 0.2) is 5.06 Å². The molecule has 2 heterocycles. The fourth-order valence-electron chi connectivity index (χ4n) is 3.14. The molecule has 8 nitrogen and oxygen atoms in total. The molecular weight excluding hydrogens is 430 g/mol. The zero-order valence-corrected chi connectivity index (χ0v) is 17.9. The number of amides is 2. The number of nitrogens with zero attached hydrogens (tertiary/aromatic N) is 1. The molecule has 1 aromatic carbocycles. The smallest absolute Gasteiger partial charge is 0.414 e. The molecule has 3 rings (SSSR count). The van der Waals surface area contributed by atoms with E-state index in [1.54, 1.807) is 12.1 Å². The lowest BCUT2D eigenvalue weighted by Crippen LogP contribution is -2.46. The van der Waals surface area contributed by atoms with Gasteiger partial charge in [0, 0.05) is 18.8 Å². The molecule has 2 aromatic rings. The lowest BCUT2D eigenvalue weighted by Gasteiger charge is -2.17. The number of likely N-dealkylation sites (N-methyl/N-ethyl adjacent to an activating group) is 1. The molecule has 1 aliphatic heterocycles. The highest BCUT2D eigenvalue weighted by Crippen LogP contribution is 2.28. The maximum atomic E-state index is 12.7. The number of hydrogen-bond acceptors (Lipinski definition) is 6. The highest BCUT2D eigenvalue weighted by molar-refractivity contribution is 7.17.